The Kier molecular flexibility index (Phi) is 5.46. The lowest BCUT2D eigenvalue weighted by molar-refractivity contribution is -0.00104. The lowest BCUT2D eigenvalue weighted by atomic mass is 9.88. The van der Waals surface area contributed by atoms with Gasteiger partial charge in [-0.25, -0.2) is 0 Å². The van der Waals surface area contributed by atoms with E-state index < -0.39 is 5.60 Å². The average molecular weight is 255 g/mol. The third-order valence-electron chi connectivity index (χ3n) is 4.51. The van der Waals surface area contributed by atoms with Gasteiger partial charge in [0, 0.05) is 13.2 Å². The fourth-order valence-electron chi connectivity index (χ4n) is 3.33. The van der Waals surface area contributed by atoms with Gasteiger partial charge in [0.15, 0.2) is 0 Å². The van der Waals surface area contributed by atoms with Crippen molar-refractivity contribution in [2.75, 3.05) is 26.2 Å². The van der Waals surface area contributed by atoms with Gasteiger partial charge in [0.2, 0.25) is 0 Å². The standard InChI is InChI=1S/C15H29NO2/c1-2-10-16-11-4-7-15(17,9-12-16)8-6-14-5-3-13-18-14/h14,17H,2-13H2,1H3. The monoisotopic (exact) mass is 255 g/mol. The van der Waals surface area contributed by atoms with Crippen LogP contribution in [0.3, 0.4) is 0 Å². The van der Waals surface area contributed by atoms with Gasteiger partial charge < -0.3 is 14.7 Å². The molecule has 2 fully saturated rings. The van der Waals surface area contributed by atoms with Gasteiger partial charge in [0.25, 0.3) is 0 Å². The lowest BCUT2D eigenvalue weighted by Gasteiger charge is -2.28. The van der Waals surface area contributed by atoms with E-state index in [9.17, 15) is 5.11 Å². The normalized spacial score (nSPS) is 34.7. The van der Waals surface area contributed by atoms with E-state index in [0.717, 1.165) is 51.8 Å². The molecule has 3 heteroatoms. The van der Waals surface area contributed by atoms with Crippen molar-refractivity contribution in [3.63, 3.8) is 0 Å². The highest BCUT2D eigenvalue weighted by atomic mass is 16.5. The number of likely N-dealkylation sites (tertiary alicyclic amines) is 1. The fraction of sp³-hybridized carbons (Fsp3) is 1.00. The molecule has 18 heavy (non-hydrogen) atoms. The molecule has 0 aromatic carbocycles. The van der Waals surface area contributed by atoms with Gasteiger partial charge in [-0.05, 0) is 64.5 Å². The van der Waals surface area contributed by atoms with Crippen LogP contribution < -0.4 is 0 Å². The Morgan fingerprint density at radius 2 is 2.17 bits per heavy atom. The molecule has 2 aliphatic rings. The first kappa shape index (κ1) is 14.3. The van der Waals surface area contributed by atoms with Crippen LogP contribution in [0.4, 0.5) is 0 Å². The summed E-state index contributed by atoms with van der Waals surface area (Å²) in [6, 6.07) is 0. The van der Waals surface area contributed by atoms with Crippen LogP contribution in [0.2, 0.25) is 0 Å². The molecule has 0 spiro atoms. The molecule has 2 rings (SSSR count). The van der Waals surface area contributed by atoms with Crippen molar-refractivity contribution in [2.45, 2.75) is 70.0 Å². The third kappa shape index (κ3) is 4.22. The Labute approximate surface area is 112 Å². The molecule has 0 saturated carbocycles. The number of ether oxygens (including phenoxy) is 1. The summed E-state index contributed by atoms with van der Waals surface area (Å²) in [5.74, 6) is 0. The van der Waals surface area contributed by atoms with Gasteiger partial charge in [0.05, 0.1) is 11.7 Å². The SMILES string of the molecule is CCCN1CCCC(O)(CCC2CCCO2)CC1. The van der Waals surface area contributed by atoms with E-state index in [2.05, 4.69) is 11.8 Å². The zero-order chi connectivity index (χ0) is 12.8. The van der Waals surface area contributed by atoms with Crippen molar-refractivity contribution < 1.29 is 9.84 Å². The molecule has 2 unspecified atom stereocenters. The van der Waals surface area contributed by atoms with Crippen molar-refractivity contribution in [1.82, 2.24) is 4.90 Å². The number of aliphatic hydroxyl groups is 1. The quantitative estimate of drug-likeness (QED) is 0.819. The number of hydrogen-bond acceptors (Lipinski definition) is 3. The zero-order valence-corrected chi connectivity index (χ0v) is 11.9. The Morgan fingerprint density at radius 3 is 2.89 bits per heavy atom. The summed E-state index contributed by atoms with van der Waals surface area (Å²) in [4.78, 5) is 2.50. The van der Waals surface area contributed by atoms with Crippen LogP contribution >= 0.6 is 0 Å². The van der Waals surface area contributed by atoms with Crippen molar-refractivity contribution >= 4 is 0 Å². The highest BCUT2D eigenvalue weighted by molar-refractivity contribution is 4.85. The smallest absolute Gasteiger partial charge is 0.0661 e. The van der Waals surface area contributed by atoms with Crippen molar-refractivity contribution in [1.29, 1.82) is 0 Å². The van der Waals surface area contributed by atoms with Gasteiger partial charge in [-0.15, -0.1) is 0 Å². The molecule has 0 aromatic rings. The first-order valence-corrected chi connectivity index (χ1v) is 7.78. The summed E-state index contributed by atoms with van der Waals surface area (Å²) in [5.41, 5.74) is -0.422. The maximum Gasteiger partial charge on any atom is 0.0661 e. The fourth-order valence-corrected chi connectivity index (χ4v) is 3.33. The molecule has 106 valence electrons. The molecule has 2 heterocycles. The lowest BCUT2D eigenvalue weighted by Crippen LogP contribution is -2.32. The minimum atomic E-state index is -0.422. The van der Waals surface area contributed by atoms with Crippen LogP contribution in [0.1, 0.15) is 58.3 Å². The molecule has 3 nitrogen and oxygen atoms in total. The molecule has 2 saturated heterocycles. The van der Waals surface area contributed by atoms with E-state index >= 15 is 0 Å². The molecular formula is C15H29NO2. The summed E-state index contributed by atoms with van der Waals surface area (Å²) in [5, 5.41) is 10.7. The molecule has 0 aromatic heterocycles. The summed E-state index contributed by atoms with van der Waals surface area (Å²) in [7, 11) is 0. The molecule has 1 N–H and O–H groups in total. The van der Waals surface area contributed by atoms with Crippen LogP contribution in [0, 0.1) is 0 Å². The van der Waals surface area contributed by atoms with Crippen LogP contribution in [-0.2, 0) is 4.74 Å². The highest BCUT2D eigenvalue weighted by Crippen LogP contribution is 2.29. The van der Waals surface area contributed by atoms with E-state index in [1.54, 1.807) is 0 Å². The number of hydrogen-bond donors (Lipinski definition) is 1. The molecule has 2 aliphatic heterocycles. The summed E-state index contributed by atoms with van der Waals surface area (Å²) in [6.07, 6.45) is 9.06. The maximum atomic E-state index is 10.7. The second-order valence-corrected chi connectivity index (χ2v) is 6.09. The maximum absolute atomic E-state index is 10.7. The van der Waals surface area contributed by atoms with Crippen LogP contribution in [-0.4, -0.2) is 48.0 Å². The number of rotatable bonds is 5. The molecule has 2 atom stereocenters. The Bertz CT molecular complexity index is 241. The van der Waals surface area contributed by atoms with E-state index in [1.165, 1.54) is 25.8 Å². The summed E-state index contributed by atoms with van der Waals surface area (Å²) < 4.78 is 5.66. The van der Waals surface area contributed by atoms with Crippen LogP contribution in [0.15, 0.2) is 0 Å². The topological polar surface area (TPSA) is 32.7 Å². The highest BCUT2D eigenvalue weighted by Gasteiger charge is 2.31. The molecule has 0 aliphatic carbocycles. The first-order valence-electron chi connectivity index (χ1n) is 7.78. The first-order chi connectivity index (χ1) is 8.72. The zero-order valence-electron chi connectivity index (χ0n) is 11.9. The van der Waals surface area contributed by atoms with Crippen molar-refractivity contribution in [3.05, 3.63) is 0 Å². The Hall–Kier alpha value is -0.120. The van der Waals surface area contributed by atoms with Gasteiger partial charge in [-0.2, -0.15) is 0 Å². The van der Waals surface area contributed by atoms with Gasteiger partial charge in [0.1, 0.15) is 0 Å². The van der Waals surface area contributed by atoms with E-state index in [0.29, 0.717) is 6.10 Å². The van der Waals surface area contributed by atoms with Crippen molar-refractivity contribution in [2.24, 2.45) is 0 Å². The molecule has 0 amide bonds. The Balaban J connectivity index is 1.75. The molecule has 0 bridgehead atoms. The second kappa shape index (κ2) is 6.88. The van der Waals surface area contributed by atoms with Crippen LogP contribution in [0.5, 0.6) is 0 Å². The summed E-state index contributed by atoms with van der Waals surface area (Å²) >= 11 is 0. The average Bonchev–Trinajstić information content (AvgIpc) is 2.81. The van der Waals surface area contributed by atoms with Crippen molar-refractivity contribution in [3.8, 4) is 0 Å². The predicted octanol–water partition coefficient (Wildman–Crippen LogP) is 2.57. The van der Waals surface area contributed by atoms with E-state index in [4.69, 9.17) is 4.74 Å². The summed E-state index contributed by atoms with van der Waals surface area (Å²) in [6.45, 7) is 6.57. The van der Waals surface area contributed by atoms with Gasteiger partial charge in [-0.3, -0.25) is 0 Å². The van der Waals surface area contributed by atoms with E-state index in [-0.39, 0.29) is 0 Å². The second-order valence-electron chi connectivity index (χ2n) is 6.09. The minimum absolute atomic E-state index is 0.420. The third-order valence-corrected chi connectivity index (χ3v) is 4.51. The van der Waals surface area contributed by atoms with Gasteiger partial charge >= 0.3 is 0 Å². The molecular weight excluding hydrogens is 226 g/mol. The van der Waals surface area contributed by atoms with Crippen LogP contribution in [0.25, 0.3) is 0 Å². The number of nitrogens with zero attached hydrogens (tertiary/aromatic N) is 1. The predicted molar refractivity (Wildman–Crippen MR) is 73.7 cm³/mol. The Morgan fingerprint density at radius 1 is 1.28 bits per heavy atom. The largest absolute Gasteiger partial charge is 0.390 e. The molecule has 0 radical (unpaired) electrons. The minimum Gasteiger partial charge on any atom is -0.390 e. The van der Waals surface area contributed by atoms with Gasteiger partial charge in [-0.1, -0.05) is 6.92 Å². The van der Waals surface area contributed by atoms with E-state index in [1.807, 2.05) is 0 Å².